The lowest BCUT2D eigenvalue weighted by Gasteiger charge is -2.37. The Balaban J connectivity index is 0.000000169. The third-order valence-corrected chi connectivity index (χ3v) is 14.7. The Hall–Kier alpha value is -4.65. The second-order valence-corrected chi connectivity index (χ2v) is 18.7. The zero-order chi connectivity index (χ0) is 40.3. The molecule has 11 rings (SSSR count). The SMILES string of the molecule is O=C(OCC1c2ccccc2-c2ccccc21)N1CCCC12CCc1nc3cc(Br)ccc3c(=O)n1CC2.O=c1c2ccc(Br)cc2nc2n1CCC1(CCCN1)CC2. The van der Waals surface area contributed by atoms with E-state index in [1.165, 1.54) is 35.1 Å². The molecule has 2 spiro atoms. The highest BCUT2D eigenvalue weighted by Crippen LogP contribution is 2.45. The summed E-state index contributed by atoms with van der Waals surface area (Å²) < 4.78 is 11.7. The second kappa shape index (κ2) is 15.4. The largest absolute Gasteiger partial charge is 0.448 e. The molecule has 4 aliphatic heterocycles. The Morgan fingerprint density at radius 1 is 0.695 bits per heavy atom. The molecule has 1 amide bonds. The van der Waals surface area contributed by atoms with E-state index >= 15 is 0 Å². The van der Waals surface area contributed by atoms with Crippen LogP contribution in [-0.4, -0.2) is 60.9 Å². The highest BCUT2D eigenvalue weighted by atomic mass is 79.9. The molecule has 2 saturated heterocycles. The van der Waals surface area contributed by atoms with Crippen LogP contribution in [-0.2, 0) is 30.7 Å². The normalized spacial score (nSPS) is 22.0. The molecule has 1 N–H and O–H groups in total. The molecule has 5 aliphatic rings. The minimum Gasteiger partial charge on any atom is -0.448 e. The molecule has 302 valence electrons. The number of ether oxygens (including phenoxy) is 1. The van der Waals surface area contributed by atoms with Crippen LogP contribution in [0.3, 0.4) is 0 Å². The highest BCUT2D eigenvalue weighted by molar-refractivity contribution is 9.10. The van der Waals surface area contributed by atoms with Gasteiger partial charge in [0.05, 0.1) is 21.8 Å². The number of benzene rings is 4. The van der Waals surface area contributed by atoms with E-state index in [0.717, 1.165) is 89.5 Å². The molecule has 0 radical (unpaired) electrons. The summed E-state index contributed by atoms with van der Waals surface area (Å²) in [6.45, 7) is 3.44. The number of nitrogens with one attached hydrogen (secondary N) is 1. The van der Waals surface area contributed by atoms with Gasteiger partial charge in [0.2, 0.25) is 0 Å². The summed E-state index contributed by atoms with van der Waals surface area (Å²) in [5.41, 5.74) is 6.42. The van der Waals surface area contributed by atoms with Gasteiger partial charge in [0.1, 0.15) is 18.3 Å². The molecule has 2 unspecified atom stereocenters. The molecule has 6 heterocycles. The number of hydrogen-bond donors (Lipinski definition) is 1. The lowest BCUT2D eigenvalue weighted by atomic mass is 9.87. The van der Waals surface area contributed by atoms with Gasteiger partial charge in [-0.1, -0.05) is 80.4 Å². The maximum atomic E-state index is 13.6. The van der Waals surface area contributed by atoms with Gasteiger partial charge in [-0.3, -0.25) is 18.7 Å². The fraction of sp³-hybridized carbons (Fsp3) is 0.383. The van der Waals surface area contributed by atoms with Gasteiger partial charge in [0, 0.05) is 58.4 Å². The van der Waals surface area contributed by atoms with Gasteiger partial charge in [-0.05, 0) is 117 Å². The number of hydrogen-bond acceptors (Lipinski definition) is 7. The highest BCUT2D eigenvalue weighted by Gasteiger charge is 2.46. The van der Waals surface area contributed by atoms with Gasteiger partial charge < -0.3 is 15.0 Å². The predicted molar refractivity (Wildman–Crippen MR) is 237 cm³/mol. The summed E-state index contributed by atoms with van der Waals surface area (Å²) in [5.74, 6) is 1.78. The van der Waals surface area contributed by atoms with Crippen LogP contribution in [0.2, 0.25) is 0 Å². The minimum atomic E-state index is -0.310. The van der Waals surface area contributed by atoms with Gasteiger partial charge in [-0.15, -0.1) is 0 Å². The van der Waals surface area contributed by atoms with Crippen LogP contribution in [0.4, 0.5) is 4.79 Å². The number of fused-ring (bicyclic) bond motifs is 7. The molecular formula is C47H46Br2N6O4. The number of halogens is 2. The zero-order valence-corrected chi connectivity index (χ0v) is 36.1. The molecular weight excluding hydrogens is 872 g/mol. The second-order valence-electron chi connectivity index (χ2n) is 16.9. The average molecular weight is 919 g/mol. The van der Waals surface area contributed by atoms with Crippen molar-refractivity contribution < 1.29 is 9.53 Å². The van der Waals surface area contributed by atoms with Gasteiger partial charge in [-0.2, -0.15) is 0 Å². The summed E-state index contributed by atoms with van der Waals surface area (Å²) in [6, 6.07) is 28.1. The van der Waals surface area contributed by atoms with E-state index in [9.17, 15) is 14.4 Å². The summed E-state index contributed by atoms with van der Waals surface area (Å²) in [7, 11) is 0. The van der Waals surface area contributed by atoms with Gasteiger partial charge in [0.25, 0.3) is 11.1 Å². The number of nitrogens with zero attached hydrogens (tertiary/aromatic N) is 5. The van der Waals surface area contributed by atoms with Crippen molar-refractivity contribution >= 4 is 59.8 Å². The first-order chi connectivity index (χ1) is 28.7. The molecule has 6 aromatic rings. The number of likely N-dealkylation sites (tertiary alicyclic amines) is 1. The molecule has 1 aliphatic carbocycles. The van der Waals surface area contributed by atoms with Crippen LogP contribution in [0.1, 0.15) is 80.1 Å². The Morgan fingerprint density at radius 3 is 1.90 bits per heavy atom. The first kappa shape index (κ1) is 38.5. The molecule has 10 nitrogen and oxygen atoms in total. The molecule has 2 atom stereocenters. The number of carbonyl (C=O) groups is 1. The fourth-order valence-electron chi connectivity index (χ4n) is 10.6. The molecule has 59 heavy (non-hydrogen) atoms. The number of amides is 1. The predicted octanol–water partition coefficient (Wildman–Crippen LogP) is 8.90. The van der Waals surface area contributed by atoms with E-state index in [-0.39, 0.29) is 34.2 Å². The maximum absolute atomic E-state index is 13.6. The van der Waals surface area contributed by atoms with Gasteiger partial charge >= 0.3 is 6.09 Å². The lowest BCUT2D eigenvalue weighted by Crippen LogP contribution is -2.48. The van der Waals surface area contributed by atoms with Crippen molar-refractivity contribution in [1.29, 1.82) is 0 Å². The summed E-state index contributed by atoms with van der Waals surface area (Å²) >= 11 is 6.95. The summed E-state index contributed by atoms with van der Waals surface area (Å²) in [5, 5.41) is 5.02. The van der Waals surface area contributed by atoms with Crippen molar-refractivity contribution in [2.45, 2.75) is 94.3 Å². The summed E-state index contributed by atoms with van der Waals surface area (Å²) in [4.78, 5) is 51.2. The van der Waals surface area contributed by atoms with Crippen LogP contribution in [0, 0.1) is 0 Å². The van der Waals surface area contributed by atoms with Crippen molar-refractivity contribution in [1.82, 2.24) is 29.3 Å². The van der Waals surface area contributed by atoms with Crippen LogP contribution in [0.25, 0.3) is 32.9 Å². The maximum Gasteiger partial charge on any atom is 0.410 e. The van der Waals surface area contributed by atoms with Crippen molar-refractivity contribution in [3.63, 3.8) is 0 Å². The fourth-order valence-corrected chi connectivity index (χ4v) is 11.3. The minimum absolute atomic E-state index is 0.000220. The average Bonchev–Trinajstić information content (AvgIpc) is 3.90. The monoisotopic (exact) mass is 916 g/mol. The first-order valence-corrected chi connectivity index (χ1v) is 22.6. The third kappa shape index (κ3) is 6.94. The number of aromatic nitrogens is 4. The van der Waals surface area contributed by atoms with Crippen molar-refractivity contribution in [3.05, 3.63) is 137 Å². The Morgan fingerprint density at radius 2 is 1.29 bits per heavy atom. The molecule has 2 aromatic heterocycles. The van der Waals surface area contributed by atoms with E-state index in [1.807, 2.05) is 50.4 Å². The molecule has 0 bridgehead atoms. The van der Waals surface area contributed by atoms with E-state index < -0.39 is 0 Å². The third-order valence-electron chi connectivity index (χ3n) is 13.7. The standard InChI is InChI=1S/C31H28BrN3O3.C16H18BrN3O/c32-20-10-11-25-27(18-20)33-28-12-14-31(15-17-34(28)29(25)36)13-5-16-35(31)30(37)38-19-26-23-8-3-1-6-21(23)22-7-2-4-9-24(22)26;17-11-2-3-12-13(10-11)19-14-4-6-16(5-1-8-18-16)7-9-20(14)15(12)21/h1-4,6-11,18,26H,5,12-17,19H2;2-3,10,18H,1,4-9H2. The Kier molecular flexibility index (Phi) is 10.1. The van der Waals surface area contributed by atoms with Crippen molar-refractivity contribution in [2.24, 2.45) is 0 Å². The van der Waals surface area contributed by atoms with E-state index in [2.05, 4.69) is 85.7 Å². The van der Waals surface area contributed by atoms with Crippen LogP contribution < -0.4 is 16.4 Å². The van der Waals surface area contributed by atoms with Gasteiger partial charge in [-0.25, -0.2) is 14.8 Å². The Bertz CT molecular complexity index is 2720. The van der Waals surface area contributed by atoms with Gasteiger partial charge in [0.15, 0.2) is 0 Å². The van der Waals surface area contributed by atoms with Crippen LogP contribution in [0.15, 0.2) is 103 Å². The topological polar surface area (TPSA) is 111 Å². The first-order valence-electron chi connectivity index (χ1n) is 21.0. The molecule has 0 saturated carbocycles. The number of carbonyl (C=O) groups excluding carboxylic acids is 1. The van der Waals surface area contributed by atoms with E-state index in [1.54, 1.807) is 0 Å². The number of rotatable bonds is 2. The van der Waals surface area contributed by atoms with Crippen molar-refractivity contribution in [2.75, 3.05) is 19.7 Å². The molecule has 4 aromatic carbocycles. The smallest absolute Gasteiger partial charge is 0.410 e. The quantitative estimate of drug-likeness (QED) is 0.185. The summed E-state index contributed by atoms with van der Waals surface area (Å²) in [6.07, 6.45) is 9.25. The Labute approximate surface area is 359 Å². The van der Waals surface area contributed by atoms with E-state index in [4.69, 9.17) is 14.7 Å². The lowest BCUT2D eigenvalue weighted by molar-refractivity contribution is 0.0608. The zero-order valence-electron chi connectivity index (χ0n) is 32.9. The molecule has 12 heteroatoms. The van der Waals surface area contributed by atoms with Crippen molar-refractivity contribution in [3.8, 4) is 11.1 Å². The number of aryl methyl sites for hydroxylation is 2. The van der Waals surface area contributed by atoms with Crippen LogP contribution >= 0.6 is 31.9 Å². The van der Waals surface area contributed by atoms with Crippen LogP contribution in [0.5, 0.6) is 0 Å². The van der Waals surface area contributed by atoms with E-state index in [0.29, 0.717) is 37.0 Å². The molecule has 2 fully saturated rings.